The molecule has 3 rings (SSSR count). The third-order valence-corrected chi connectivity index (χ3v) is 8.32. The number of hydrogen-bond acceptors (Lipinski definition) is 5. The Kier molecular flexibility index (Phi) is 21.4. The van der Waals surface area contributed by atoms with Gasteiger partial charge in [0.25, 0.3) is 0 Å². The zero-order valence-electron chi connectivity index (χ0n) is 29.9. The molecular formula is C38H62ClN3O3. The standard InChI is InChI=1S/C27H33ClN2O3.C5H13N.C4H10.C2H6/c1-19(22-13-24(28)15-25(33)14-22)29-27(11-9-23(10-12-27)26(2,3)4)30(18-32)16-20-5-7-21(17-31)8-6-20;1-3-4-5-6-2;1-3-4-2;1-2/h5-8,13-15,17-18,23,33H,9-12,16H2,1-4H3;6H,3-5H2,1-2H3;3-4H2,1-2H3;1-2H3/b29-19+;;;. The van der Waals surface area contributed by atoms with E-state index >= 15 is 0 Å². The van der Waals surface area contributed by atoms with E-state index in [2.05, 4.69) is 46.9 Å². The molecule has 0 unspecified atom stereocenters. The van der Waals surface area contributed by atoms with Gasteiger partial charge >= 0.3 is 0 Å². The SMILES string of the molecule is C/C(=N\C1(N(C=O)Cc2ccc(C=O)cc2)CCC(C(C)(C)C)CC1)c1cc(O)cc(Cl)c1.CC.CCCC.CCCCNC. The summed E-state index contributed by atoms with van der Waals surface area (Å²) < 4.78 is 0. The number of unbranched alkanes of at least 4 members (excludes halogenated alkanes) is 2. The number of aldehydes is 1. The summed E-state index contributed by atoms with van der Waals surface area (Å²) in [7, 11) is 1.98. The van der Waals surface area contributed by atoms with Crippen molar-refractivity contribution in [2.24, 2.45) is 16.3 Å². The lowest BCUT2D eigenvalue weighted by molar-refractivity contribution is -0.126. The predicted octanol–water partition coefficient (Wildman–Crippen LogP) is 10.1. The number of aliphatic imine (C=N–C) groups is 1. The Morgan fingerprint density at radius 1 is 1.02 bits per heavy atom. The van der Waals surface area contributed by atoms with Gasteiger partial charge in [0.15, 0.2) is 0 Å². The predicted molar refractivity (Wildman–Crippen MR) is 194 cm³/mol. The van der Waals surface area contributed by atoms with Gasteiger partial charge in [-0.1, -0.05) is 111 Å². The van der Waals surface area contributed by atoms with Crippen molar-refractivity contribution in [1.82, 2.24) is 10.2 Å². The van der Waals surface area contributed by atoms with Crippen LogP contribution in [0.1, 0.15) is 135 Å². The largest absolute Gasteiger partial charge is 0.508 e. The molecule has 1 amide bonds. The molecule has 0 bridgehead atoms. The molecule has 1 aliphatic carbocycles. The van der Waals surface area contributed by atoms with Gasteiger partial charge in [-0.25, -0.2) is 0 Å². The van der Waals surface area contributed by atoms with E-state index in [0.29, 0.717) is 23.0 Å². The number of phenolic OH excluding ortho intramolecular Hbond substituents is 1. The van der Waals surface area contributed by atoms with Crippen LogP contribution in [0.15, 0.2) is 47.5 Å². The number of aromatic hydroxyl groups is 1. The molecule has 2 aromatic rings. The highest BCUT2D eigenvalue weighted by Crippen LogP contribution is 2.45. The minimum Gasteiger partial charge on any atom is -0.508 e. The maximum atomic E-state index is 12.4. The molecule has 0 radical (unpaired) electrons. The Labute approximate surface area is 280 Å². The third-order valence-electron chi connectivity index (χ3n) is 8.10. The fraction of sp³-hybridized carbons (Fsp3) is 0.605. The lowest BCUT2D eigenvalue weighted by atomic mass is 9.69. The van der Waals surface area contributed by atoms with Crippen molar-refractivity contribution < 1.29 is 14.7 Å². The van der Waals surface area contributed by atoms with Crippen molar-refractivity contribution in [1.29, 1.82) is 0 Å². The van der Waals surface area contributed by atoms with Crippen molar-refractivity contribution in [2.45, 2.75) is 126 Å². The van der Waals surface area contributed by atoms with E-state index in [9.17, 15) is 14.7 Å². The number of hydrogen-bond donors (Lipinski definition) is 2. The van der Waals surface area contributed by atoms with Crippen LogP contribution in [0, 0.1) is 11.3 Å². The number of benzene rings is 2. The Morgan fingerprint density at radius 2 is 1.60 bits per heavy atom. The van der Waals surface area contributed by atoms with Crippen molar-refractivity contribution >= 4 is 30.0 Å². The zero-order valence-corrected chi connectivity index (χ0v) is 30.6. The van der Waals surface area contributed by atoms with Crippen LogP contribution in [-0.4, -0.2) is 47.7 Å². The van der Waals surface area contributed by atoms with E-state index in [-0.39, 0.29) is 11.2 Å². The minimum absolute atomic E-state index is 0.0834. The van der Waals surface area contributed by atoms with Crippen LogP contribution in [0.5, 0.6) is 5.75 Å². The number of nitrogens with one attached hydrogen (secondary N) is 1. The van der Waals surface area contributed by atoms with Crippen molar-refractivity contribution in [3.8, 4) is 5.75 Å². The minimum atomic E-state index is -0.686. The van der Waals surface area contributed by atoms with Crippen LogP contribution in [0.25, 0.3) is 0 Å². The molecule has 0 aliphatic heterocycles. The summed E-state index contributed by atoms with van der Waals surface area (Å²) >= 11 is 6.16. The van der Waals surface area contributed by atoms with Gasteiger partial charge in [-0.05, 0) is 87.7 Å². The van der Waals surface area contributed by atoms with Gasteiger partial charge in [-0.3, -0.25) is 14.6 Å². The molecule has 7 heteroatoms. The molecule has 1 saturated carbocycles. The zero-order chi connectivity index (χ0) is 34.5. The van der Waals surface area contributed by atoms with Crippen LogP contribution in [-0.2, 0) is 11.3 Å². The van der Waals surface area contributed by atoms with Gasteiger partial charge < -0.3 is 15.3 Å². The number of phenols is 1. The normalized spacial score (nSPS) is 17.8. The maximum Gasteiger partial charge on any atom is 0.211 e. The van der Waals surface area contributed by atoms with E-state index in [1.54, 1.807) is 29.2 Å². The van der Waals surface area contributed by atoms with E-state index in [0.717, 1.165) is 61.8 Å². The molecular weight excluding hydrogens is 582 g/mol. The smallest absolute Gasteiger partial charge is 0.211 e. The fourth-order valence-electron chi connectivity index (χ4n) is 5.10. The van der Waals surface area contributed by atoms with Gasteiger partial charge in [0, 0.05) is 28.4 Å². The number of rotatable bonds is 11. The molecule has 1 aliphatic rings. The lowest BCUT2D eigenvalue weighted by Gasteiger charge is -2.46. The molecule has 6 nitrogen and oxygen atoms in total. The van der Waals surface area contributed by atoms with E-state index in [1.165, 1.54) is 31.7 Å². The molecule has 0 saturated heterocycles. The maximum absolute atomic E-state index is 12.4. The summed E-state index contributed by atoms with van der Waals surface area (Å²) in [5, 5.41) is 13.5. The number of halogens is 1. The van der Waals surface area contributed by atoms with Gasteiger partial charge in [-0.2, -0.15) is 0 Å². The Bertz CT molecular complexity index is 1090. The molecule has 1 fully saturated rings. The average Bonchev–Trinajstić information content (AvgIpc) is 3.03. The lowest BCUT2D eigenvalue weighted by Crippen LogP contribution is -2.50. The summed E-state index contributed by atoms with van der Waals surface area (Å²) in [6.45, 7) is 20.8. The molecule has 2 aromatic carbocycles. The molecule has 2 N–H and O–H groups in total. The first kappa shape index (κ1) is 42.3. The van der Waals surface area contributed by atoms with Crippen LogP contribution in [0.4, 0.5) is 0 Å². The Hall–Kier alpha value is -2.70. The van der Waals surface area contributed by atoms with Gasteiger partial charge in [-0.15, -0.1) is 0 Å². The number of nitrogens with zero attached hydrogens (tertiary/aromatic N) is 2. The second-order valence-electron chi connectivity index (χ2n) is 12.6. The highest BCUT2D eigenvalue weighted by Gasteiger charge is 2.42. The van der Waals surface area contributed by atoms with Gasteiger partial charge in [0.1, 0.15) is 17.7 Å². The number of carbonyl (C=O) groups is 2. The van der Waals surface area contributed by atoms with E-state index in [1.807, 2.05) is 40.0 Å². The summed E-state index contributed by atoms with van der Waals surface area (Å²) in [6.07, 6.45) is 10.4. The Balaban J connectivity index is 0.00000138. The van der Waals surface area contributed by atoms with Crippen LogP contribution in [0.3, 0.4) is 0 Å². The third kappa shape index (κ3) is 15.4. The highest BCUT2D eigenvalue weighted by atomic mass is 35.5. The average molecular weight is 644 g/mol. The fourth-order valence-corrected chi connectivity index (χ4v) is 5.33. The van der Waals surface area contributed by atoms with E-state index < -0.39 is 5.66 Å². The highest BCUT2D eigenvalue weighted by molar-refractivity contribution is 6.31. The Morgan fingerprint density at radius 3 is 2.00 bits per heavy atom. The molecule has 45 heavy (non-hydrogen) atoms. The van der Waals surface area contributed by atoms with Crippen LogP contribution < -0.4 is 5.32 Å². The van der Waals surface area contributed by atoms with Gasteiger partial charge in [0.2, 0.25) is 6.41 Å². The van der Waals surface area contributed by atoms with E-state index in [4.69, 9.17) is 16.6 Å². The van der Waals surface area contributed by atoms with Crippen LogP contribution in [0.2, 0.25) is 5.02 Å². The van der Waals surface area contributed by atoms with Crippen molar-refractivity contribution in [3.05, 3.63) is 64.2 Å². The summed E-state index contributed by atoms with van der Waals surface area (Å²) in [5.41, 5.74) is 2.52. The second kappa shape index (κ2) is 22.7. The summed E-state index contributed by atoms with van der Waals surface area (Å²) in [5.74, 6) is 0.636. The molecule has 0 heterocycles. The van der Waals surface area contributed by atoms with Gasteiger partial charge in [0.05, 0.1) is 0 Å². The topological polar surface area (TPSA) is 82.0 Å². The quantitative estimate of drug-likeness (QED) is 0.145. The summed E-state index contributed by atoms with van der Waals surface area (Å²) in [6, 6.07) is 12.2. The first-order chi connectivity index (χ1) is 21.4. The molecule has 254 valence electrons. The first-order valence-electron chi connectivity index (χ1n) is 16.9. The summed E-state index contributed by atoms with van der Waals surface area (Å²) in [4.78, 5) is 30.3. The van der Waals surface area contributed by atoms with Crippen molar-refractivity contribution in [2.75, 3.05) is 13.6 Å². The first-order valence-corrected chi connectivity index (χ1v) is 17.2. The van der Waals surface area contributed by atoms with Crippen LogP contribution >= 0.6 is 11.6 Å². The second-order valence-corrected chi connectivity index (χ2v) is 13.0. The number of amides is 1. The molecule has 0 atom stereocenters. The number of carbonyl (C=O) groups excluding carboxylic acids is 2. The molecule has 0 aromatic heterocycles. The monoisotopic (exact) mass is 643 g/mol. The van der Waals surface area contributed by atoms with Crippen molar-refractivity contribution in [3.63, 3.8) is 0 Å². The molecule has 0 spiro atoms.